The van der Waals surface area contributed by atoms with Crippen LogP contribution in [0.15, 0.2) is 36.4 Å². The molecule has 1 atom stereocenters. The normalized spacial score (nSPS) is 13.1. The van der Waals surface area contributed by atoms with Crippen molar-refractivity contribution in [3.8, 4) is 0 Å². The molecule has 0 aromatic heterocycles. The predicted molar refractivity (Wildman–Crippen MR) is 84.1 cm³/mol. The van der Waals surface area contributed by atoms with E-state index < -0.39 is 0 Å². The first-order chi connectivity index (χ1) is 9.69. The molecule has 1 nitrogen and oxygen atoms in total. The maximum Gasteiger partial charge on any atom is 0.131 e. The summed E-state index contributed by atoms with van der Waals surface area (Å²) in [6, 6.07) is 11.0. The van der Waals surface area contributed by atoms with Gasteiger partial charge in [0, 0.05) is 11.4 Å². The zero-order valence-corrected chi connectivity index (χ0v) is 12.4. The zero-order valence-electron chi connectivity index (χ0n) is 12.4. The van der Waals surface area contributed by atoms with Crippen LogP contribution < -0.4 is 5.73 Å². The van der Waals surface area contributed by atoms with E-state index in [0.717, 1.165) is 36.6 Å². The van der Waals surface area contributed by atoms with Crippen molar-refractivity contribution in [3.05, 3.63) is 47.8 Å². The second-order valence-electron chi connectivity index (χ2n) is 5.55. The van der Waals surface area contributed by atoms with E-state index >= 15 is 0 Å². The third kappa shape index (κ3) is 3.01. The fourth-order valence-electron chi connectivity index (χ4n) is 3.08. The van der Waals surface area contributed by atoms with Crippen molar-refractivity contribution in [2.75, 3.05) is 0 Å². The van der Waals surface area contributed by atoms with Crippen LogP contribution in [0.3, 0.4) is 0 Å². The Morgan fingerprint density at radius 1 is 0.950 bits per heavy atom. The quantitative estimate of drug-likeness (QED) is 0.769. The fourth-order valence-corrected chi connectivity index (χ4v) is 3.08. The van der Waals surface area contributed by atoms with Crippen LogP contribution in [0.25, 0.3) is 10.8 Å². The molecule has 0 saturated heterocycles. The molecule has 2 heteroatoms. The maximum atomic E-state index is 13.9. The highest BCUT2D eigenvalue weighted by molar-refractivity contribution is 5.86. The molecule has 0 heterocycles. The molecule has 0 saturated carbocycles. The van der Waals surface area contributed by atoms with Gasteiger partial charge in [-0.1, -0.05) is 57.0 Å². The summed E-state index contributed by atoms with van der Waals surface area (Å²) in [5, 5.41) is 1.63. The van der Waals surface area contributed by atoms with Gasteiger partial charge in [0.2, 0.25) is 0 Å². The summed E-state index contributed by atoms with van der Waals surface area (Å²) in [6.45, 7) is 4.39. The Labute approximate surface area is 121 Å². The van der Waals surface area contributed by atoms with Gasteiger partial charge in [-0.15, -0.1) is 0 Å². The molecule has 2 N–H and O–H groups in total. The van der Waals surface area contributed by atoms with E-state index in [0.29, 0.717) is 11.3 Å². The van der Waals surface area contributed by atoms with Crippen LogP contribution in [0.5, 0.6) is 0 Å². The second-order valence-corrected chi connectivity index (χ2v) is 5.55. The Kier molecular flexibility index (Phi) is 5.13. The van der Waals surface area contributed by atoms with Crippen LogP contribution in [0.1, 0.15) is 51.1 Å². The van der Waals surface area contributed by atoms with Gasteiger partial charge in [-0.05, 0) is 35.8 Å². The lowest BCUT2D eigenvalue weighted by atomic mass is 9.85. The van der Waals surface area contributed by atoms with E-state index in [1.165, 1.54) is 0 Å². The maximum absolute atomic E-state index is 13.9. The van der Waals surface area contributed by atoms with Crippen LogP contribution >= 0.6 is 0 Å². The smallest absolute Gasteiger partial charge is 0.131 e. The van der Waals surface area contributed by atoms with Gasteiger partial charge in [0.05, 0.1) is 0 Å². The first-order valence-corrected chi connectivity index (χ1v) is 7.61. The van der Waals surface area contributed by atoms with Gasteiger partial charge in [0.25, 0.3) is 0 Å². The summed E-state index contributed by atoms with van der Waals surface area (Å²) in [6.07, 6.45) is 4.52. The van der Waals surface area contributed by atoms with Crippen molar-refractivity contribution in [1.82, 2.24) is 0 Å². The zero-order chi connectivity index (χ0) is 14.5. The molecule has 2 aromatic carbocycles. The van der Waals surface area contributed by atoms with Gasteiger partial charge in [0.15, 0.2) is 0 Å². The Hall–Kier alpha value is -1.41. The summed E-state index contributed by atoms with van der Waals surface area (Å²) in [5.41, 5.74) is 7.58. The average Bonchev–Trinajstić information content (AvgIpc) is 2.47. The van der Waals surface area contributed by atoms with Crippen molar-refractivity contribution in [2.24, 2.45) is 11.7 Å². The lowest BCUT2D eigenvalue weighted by Crippen LogP contribution is -2.21. The molecule has 0 radical (unpaired) electrons. The van der Waals surface area contributed by atoms with Crippen LogP contribution in [-0.4, -0.2) is 0 Å². The predicted octanol–water partition coefficient (Wildman–Crippen LogP) is 5.20. The van der Waals surface area contributed by atoms with Crippen LogP contribution in [0.4, 0.5) is 4.39 Å². The molecule has 0 spiro atoms. The minimum absolute atomic E-state index is 0.0135. The standard InChI is InChI=1S/C18H24FN/c1-3-7-13(8-4-2)18(20)16-11-12-17(19)15-10-6-5-9-14(15)16/h5-6,9-13,18H,3-4,7-8,20H2,1-2H3. The SMILES string of the molecule is CCCC(CCC)C(N)c1ccc(F)c2ccccc12. The molecule has 1 unspecified atom stereocenters. The molecule has 0 aliphatic rings. The number of rotatable bonds is 6. The molecular formula is C18H24FN. The second kappa shape index (κ2) is 6.85. The van der Waals surface area contributed by atoms with Gasteiger partial charge < -0.3 is 5.73 Å². The fraction of sp³-hybridized carbons (Fsp3) is 0.444. The Morgan fingerprint density at radius 3 is 2.15 bits per heavy atom. The Balaban J connectivity index is 2.43. The summed E-state index contributed by atoms with van der Waals surface area (Å²) in [5.74, 6) is 0.304. The minimum Gasteiger partial charge on any atom is -0.324 e. The highest BCUT2D eigenvalue weighted by Gasteiger charge is 2.20. The molecule has 0 bridgehead atoms. The largest absolute Gasteiger partial charge is 0.324 e. The highest BCUT2D eigenvalue weighted by Crippen LogP contribution is 2.33. The average molecular weight is 273 g/mol. The lowest BCUT2D eigenvalue weighted by molar-refractivity contribution is 0.370. The van der Waals surface area contributed by atoms with Gasteiger partial charge in [-0.2, -0.15) is 0 Å². The van der Waals surface area contributed by atoms with Crippen LogP contribution in [0, 0.1) is 11.7 Å². The number of hydrogen-bond donors (Lipinski definition) is 1. The van der Waals surface area contributed by atoms with E-state index in [1.54, 1.807) is 6.07 Å². The number of halogens is 1. The summed E-state index contributed by atoms with van der Waals surface area (Å²) in [7, 11) is 0. The molecular weight excluding hydrogens is 249 g/mol. The Morgan fingerprint density at radius 2 is 1.55 bits per heavy atom. The van der Waals surface area contributed by atoms with Crippen LogP contribution in [0.2, 0.25) is 0 Å². The number of nitrogens with two attached hydrogens (primary N) is 1. The molecule has 0 aliphatic carbocycles. The number of benzene rings is 2. The summed E-state index contributed by atoms with van der Waals surface area (Å²) in [4.78, 5) is 0. The molecule has 0 amide bonds. The Bertz CT molecular complexity index is 558. The number of hydrogen-bond acceptors (Lipinski definition) is 1. The van der Waals surface area contributed by atoms with Crippen molar-refractivity contribution >= 4 is 10.8 Å². The van der Waals surface area contributed by atoms with E-state index in [9.17, 15) is 4.39 Å². The van der Waals surface area contributed by atoms with Gasteiger partial charge in [-0.3, -0.25) is 0 Å². The van der Waals surface area contributed by atoms with Crippen molar-refractivity contribution < 1.29 is 4.39 Å². The molecule has 2 aromatic rings. The van der Waals surface area contributed by atoms with Crippen LogP contribution in [-0.2, 0) is 0 Å². The van der Waals surface area contributed by atoms with Gasteiger partial charge >= 0.3 is 0 Å². The van der Waals surface area contributed by atoms with Crippen molar-refractivity contribution in [2.45, 2.75) is 45.6 Å². The molecule has 0 aliphatic heterocycles. The van der Waals surface area contributed by atoms with Gasteiger partial charge in [0.1, 0.15) is 5.82 Å². The van der Waals surface area contributed by atoms with E-state index in [2.05, 4.69) is 13.8 Å². The molecule has 0 fully saturated rings. The van der Waals surface area contributed by atoms with E-state index in [1.807, 2.05) is 30.3 Å². The molecule has 2 rings (SSSR count). The monoisotopic (exact) mass is 273 g/mol. The summed E-state index contributed by atoms with van der Waals surface area (Å²) < 4.78 is 13.9. The molecule has 108 valence electrons. The minimum atomic E-state index is -0.168. The van der Waals surface area contributed by atoms with E-state index in [4.69, 9.17) is 5.73 Å². The third-order valence-corrected chi connectivity index (χ3v) is 4.09. The lowest BCUT2D eigenvalue weighted by Gasteiger charge is -2.25. The first-order valence-electron chi connectivity index (χ1n) is 7.61. The van der Waals surface area contributed by atoms with E-state index in [-0.39, 0.29) is 11.9 Å². The summed E-state index contributed by atoms with van der Waals surface area (Å²) >= 11 is 0. The van der Waals surface area contributed by atoms with Crippen molar-refractivity contribution in [1.29, 1.82) is 0 Å². The van der Waals surface area contributed by atoms with Gasteiger partial charge in [-0.25, -0.2) is 4.39 Å². The van der Waals surface area contributed by atoms with Crippen molar-refractivity contribution in [3.63, 3.8) is 0 Å². The third-order valence-electron chi connectivity index (χ3n) is 4.09. The molecule has 20 heavy (non-hydrogen) atoms. The number of fused-ring (bicyclic) bond motifs is 1. The first kappa shape index (κ1) is 15.0. The topological polar surface area (TPSA) is 26.0 Å². The highest BCUT2D eigenvalue weighted by atomic mass is 19.1.